The Labute approximate surface area is 146 Å². The Morgan fingerprint density at radius 3 is 2.56 bits per heavy atom. The summed E-state index contributed by atoms with van der Waals surface area (Å²) in [7, 11) is 0. The summed E-state index contributed by atoms with van der Waals surface area (Å²) < 4.78 is 16.1. The van der Waals surface area contributed by atoms with Crippen molar-refractivity contribution in [2.75, 3.05) is 42.5 Å². The van der Waals surface area contributed by atoms with Crippen LogP contribution in [0.25, 0.3) is 5.69 Å². The maximum Gasteiger partial charge on any atom is 0.241 e. The topological polar surface area (TPSA) is 89.2 Å². The van der Waals surface area contributed by atoms with E-state index in [9.17, 15) is 4.39 Å². The van der Waals surface area contributed by atoms with Crippen molar-refractivity contribution >= 4 is 17.6 Å². The minimum atomic E-state index is -0.270. The van der Waals surface area contributed by atoms with E-state index in [1.165, 1.54) is 43.1 Å². The molecule has 25 heavy (non-hydrogen) atoms. The minimum Gasteiger partial charge on any atom is -0.368 e. The molecule has 7 nitrogen and oxygen atoms in total. The zero-order valence-electron chi connectivity index (χ0n) is 14.2. The molecule has 134 valence electrons. The fourth-order valence-corrected chi connectivity index (χ4v) is 3.99. The number of nitrogens with zero attached hydrogens (tertiary/aromatic N) is 5. The van der Waals surface area contributed by atoms with Gasteiger partial charge < -0.3 is 16.4 Å². The van der Waals surface area contributed by atoms with E-state index in [0.717, 1.165) is 19.5 Å². The number of nitrogen functional groups attached to an aromatic ring is 2. The van der Waals surface area contributed by atoms with Gasteiger partial charge in [0.1, 0.15) is 5.82 Å². The van der Waals surface area contributed by atoms with Gasteiger partial charge in [-0.15, -0.1) is 5.10 Å². The first-order chi connectivity index (χ1) is 12.1. The van der Waals surface area contributed by atoms with Crippen LogP contribution in [-0.4, -0.2) is 51.9 Å². The zero-order valence-corrected chi connectivity index (χ0v) is 14.2. The molecule has 0 spiro atoms. The summed E-state index contributed by atoms with van der Waals surface area (Å²) in [6, 6.07) is 5.58. The van der Waals surface area contributed by atoms with Gasteiger partial charge in [-0.3, -0.25) is 4.90 Å². The molecular formula is C17H24FN7. The molecule has 1 aromatic heterocycles. The lowest BCUT2D eigenvalue weighted by Crippen LogP contribution is -2.47. The lowest BCUT2D eigenvalue weighted by molar-refractivity contribution is 0.215. The molecule has 2 aliphatic heterocycles. The van der Waals surface area contributed by atoms with E-state index in [1.54, 1.807) is 6.07 Å². The van der Waals surface area contributed by atoms with E-state index in [1.807, 2.05) is 6.07 Å². The second-order valence-electron chi connectivity index (χ2n) is 6.86. The fourth-order valence-electron chi connectivity index (χ4n) is 3.99. The van der Waals surface area contributed by atoms with E-state index >= 15 is 0 Å². The van der Waals surface area contributed by atoms with Gasteiger partial charge >= 0.3 is 0 Å². The van der Waals surface area contributed by atoms with Crippen molar-refractivity contribution in [1.29, 1.82) is 0 Å². The number of hydrogen-bond donors (Lipinski definition) is 2. The normalized spacial score (nSPS) is 21.8. The first kappa shape index (κ1) is 16.1. The van der Waals surface area contributed by atoms with Crippen LogP contribution in [0.4, 0.5) is 22.0 Å². The number of piperidine rings is 1. The molecule has 4 rings (SSSR count). The molecule has 4 N–H and O–H groups in total. The van der Waals surface area contributed by atoms with Gasteiger partial charge in [0, 0.05) is 25.2 Å². The Kier molecular flexibility index (Phi) is 4.20. The molecule has 0 saturated carbocycles. The Morgan fingerprint density at radius 1 is 1.08 bits per heavy atom. The van der Waals surface area contributed by atoms with Crippen LogP contribution in [0.15, 0.2) is 18.2 Å². The lowest BCUT2D eigenvalue weighted by atomic mass is 10.0. The average Bonchev–Trinajstić information content (AvgIpc) is 3.24. The van der Waals surface area contributed by atoms with Crippen LogP contribution in [0, 0.1) is 5.82 Å². The first-order valence-electron chi connectivity index (χ1n) is 8.89. The Morgan fingerprint density at radius 2 is 1.88 bits per heavy atom. The second kappa shape index (κ2) is 6.51. The van der Waals surface area contributed by atoms with Crippen molar-refractivity contribution in [2.24, 2.45) is 0 Å². The minimum absolute atomic E-state index is 0.0754. The molecule has 2 aromatic rings. The highest BCUT2D eigenvalue weighted by Gasteiger charge is 2.28. The summed E-state index contributed by atoms with van der Waals surface area (Å²) in [6.07, 6.45) is 4.85. The quantitative estimate of drug-likeness (QED) is 0.879. The highest BCUT2D eigenvalue weighted by molar-refractivity contribution is 5.54. The van der Waals surface area contributed by atoms with Crippen LogP contribution in [0.1, 0.15) is 25.7 Å². The van der Waals surface area contributed by atoms with Gasteiger partial charge in [-0.05, 0) is 50.9 Å². The number of nitrogens with two attached hydrogens (primary N) is 2. The lowest BCUT2D eigenvalue weighted by Gasteiger charge is -2.39. The van der Waals surface area contributed by atoms with E-state index in [0.29, 0.717) is 17.4 Å². The number of rotatable bonds is 3. The zero-order chi connectivity index (χ0) is 17.4. The Bertz CT molecular complexity index is 753. The van der Waals surface area contributed by atoms with Crippen LogP contribution in [0.3, 0.4) is 0 Å². The smallest absolute Gasteiger partial charge is 0.241 e. The largest absolute Gasteiger partial charge is 0.368 e. The molecular weight excluding hydrogens is 321 g/mol. The maximum absolute atomic E-state index is 14.8. The third-order valence-electron chi connectivity index (χ3n) is 5.22. The summed E-state index contributed by atoms with van der Waals surface area (Å²) in [5, 5.41) is 4.00. The third-order valence-corrected chi connectivity index (χ3v) is 5.22. The molecule has 0 amide bonds. The van der Waals surface area contributed by atoms with Gasteiger partial charge in [0.2, 0.25) is 11.9 Å². The summed E-state index contributed by atoms with van der Waals surface area (Å²) in [4.78, 5) is 8.56. The SMILES string of the molecule is Nc1nc(N)n(-c2ccc(N3CCCC(N4CCCC4)C3)c(F)c2)n1. The third kappa shape index (κ3) is 3.13. The van der Waals surface area contributed by atoms with Gasteiger partial charge in [-0.25, -0.2) is 4.39 Å². The summed E-state index contributed by atoms with van der Waals surface area (Å²) in [6.45, 7) is 4.12. The predicted molar refractivity (Wildman–Crippen MR) is 96.2 cm³/mol. The predicted octanol–water partition coefficient (Wildman–Crippen LogP) is 1.64. The Hall–Kier alpha value is -2.35. The summed E-state index contributed by atoms with van der Waals surface area (Å²) in [5.41, 5.74) is 12.5. The van der Waals surface area contributed by atoms with Gasteiger partial charge in [-0.2, -0.15) is 9.67 Å². The molecule has 2 fully saturated rings. The molecule has 2 aliphatic rings. The van der Waals surface area contributed by atoms with Crippen molar-refractivity contribution < 1.29 is 4.39 Å². The van der Waals surface area contributed by atoms with E-state index in [4.69, 9.17) is 11.5 Å². The molecule has 2 saturated heterocycles. The first-order valence-corrected chi connectivity index (χ1v) is 8.89. The van der Waals surface area contributed by atoms with Crippen molar-refractivity contribution in [3.8, 4) is 5.69 Å². The molecule has 0 aliphatic carbocycles. The van der Waals surface area contributed by atoms with Crippen LogP contribution in [-0.2, 0) is 0 Å². The van der Waals surface area contributed by atoms with Crippen LogP contribution in [0.5, 0.6) is 0 Å². The number of anilines is 3. The highest BCUT2D eigenvalue weighted by Crippen LogP contribution is 2.28. The van der Waals surface area contributed by atoms with Gasteiger partial charge in [0.15, 0.2) is 0 Å². The average molecular weight is 345 g/mol. The number of benzene rings is 1. The summed E-state index contributed by atoms with van der Waals surface area (Å²) >= 11 is 0. The van der Waals surface area contributed by atoms with Crippen molar-refractivity contribution in [1.82, 2.24) is 19.7 Å². The van der Waals surface area contributed by atoms with Crippen molar-refractivity contribution in [3.63, 3.8) is 0 Å². The number of aromatic nitrogens is 3. The fraction of sp³-hybridized carbons (Fsp3) is 0.529. The van der Waals surface area contributed by atoms with Gasteiger partial charge in [0.05, 0.1) is 11.4 Å². The second-order valence-corrected chi connectivity index (χ2v) is 6.86. The van der Waals surface area contributed by atoms with E-state index < -0.39 is 0 Å². The highest BCUT2D eigenvalue weighted by atomic mass is 19.1. The number of halogens is 1. The standard InChI is InChI=1S/C17H24FN7/c18-14-10-12(25-17(20)21-16(19)22-25)5-6-15(14)24-9-3-4-13(11-24)23-7-1-2-8-23/h5-6,10,13H,1-4,7-9,11H2,(H4,19,20,21,22). The molecule has 1 atom stereocenters. The summed E-state index contributed by atoms with van der Waals surface area (Å²) in [5.74, 6) is -0.0452. The van der Waals surface area contributed by atoms with Gasteiger partial charge in [0.25, 0.3) is 0 Å². The molecule has 0 radical (unpaired) electrons. The van der Waals surface area contributed by atoms with Crippen LogP contribution in [0.2, 0.25) is 0 Å². The van der Waals surface area contributed by atoms with E-state index in [-0.39, 0.29) is 17.7 Å². The van der Waals surface area contributed by atoms with Crippen LogP contribution >= 0.6 is 0 Å². The molecule has 1 aromatic carbocycles. The monoisotopic (exact) mass is 345 g/mol. The van der Waals surface area contributed by atoms with Crippen molar-refractivity contribution in [2.45, 2.75) is 31.7 Å². The molecule has 3 heterocycles. The molecule has 1 unspecified atom stereocenters. The van der Waals surface area contributed by atoms with E-state index in [2.05, 4.69) is 19.9 Å². The molecule has 8 heteroatoms. The molecule has 0 bridgehead atoms. The number of hydrogen-bond acceptors (Lipinski definition) is 6. The maximum atomic E-state index is 14.8. The van der Waals surface area contributed by atoms with Gasteiger partial charge in [-0.1, -0.05) is 0 Å². The van der Waals surface area contributed by atoms with Crippen molar-refractivity contribution in [3.05, 3.63) is 24.0 Å². The Balaban J connectivity index is 1.55. The number of likely N-dealkylation sites (tertiary alicyclic amines) is 1. The van der Waals surface area contributed by atoms with Crippen LogP contribution < -0.4 is 16.4 Å².